The number of nitrogens with zero attached hydrogens (tertiary/aromatic N) is 3. The van der Waals surface area contributed by atoms with Crippen LogP contribution in [0, 0.1) is 6.92 Å². The summed E-state index contributed by atoms with van der Waals surface area (Å²) in [4.78, 5) is 2.48. The number of aromatic nitrogens is 2. The number of hydrogen-bond donors (Lipinski definition) is 1. The van der Waals surface area contributed by atoms with E-state index in [9.17, 15) is 0 Å². The second-order valence-electron chi connectivity index (χ2n) is 4.35. The SMILES string of the molecule is Cc1cnn(CCN2CCCC2CN)c1.Cl. The molecule has 92 valence electrons. The Hall–Kier alpha value is -0.580. The molecule has 5 heteroatoms. The average molecular weight is 245 g/mol. The first-order valence-electron chi connectivity index (χ1n) is 5.73. The summed E-state index contributed by atoms with van der Waals surface area (Å²) in [6, 6.07) is 0.599. The van der Waals surface area contributed by atoms with Gasteiger partial charge < -0.3 is 5.73 Å². The van der Waals surface area contributed by atoms with E-state index in [1.54, 1.807) is 0 Å². The van der Waals surface area contributed by atoms with Crippen LogP contribution >= 0.6 is 12.4 Å². The molecule has 1 fully saturated rings. The quantitative estimate of drug-likeness (QED) is 0.861. The smallest absolute Gasteiger partial charge is 0.0536 e. The van der Waals surface area contributed by atoms with E-state index in [1.807, 2.05) is 10.9 Å². The standard InChI is InChI=1S/C11H20N4.ClH/c1-10-8-13-15(9-10)6-5-14-4-2-3-11(14)7-12;/h8-9,11H,2-7,12H2,1H3;1H. The van der Waals surface area contributed by atoms with E-state index in [0.717, 1.165) is 19.6 Å². The summed E-state index contributed by atoms with van der Waals surface area (Å²) in [5.41, 5.74) is 6.96. The minimum Gasteiger partial charge on any atom is -0.329 e. The summed E-state index contributed by atoms with van der Waals surface area (Å²) >= 11 is 0. The van der Waals surface area contributed by atoms with Gasteiger partial charge in [-0.25, -0.2) is 0 Å². The van der Waals surface area contributed by atoms with E-state index in [4.69, 9.17) is 5.73 Å². The van der Waals surface area contributed by atoms with Crippen LogP contribution in [0.1, 0.15) is 18.4 Å². The highest BCUT2D eigenvalue weighted by atomic mass is 35.5. The van der Waals surface area contributed by atoms with Crippen molar-refractivity contribution in [2.45, 2.75) is 32.4 Å². The number of likely N-dealkylation sites (tertiary alicyclic amines) is 1. The summed E-state index contributed by atoms with van der Waals surface area (Å²) in [7, 11) is 0. The predicted octanol–water partition coefficient (Wildman–Crippen LogP) is 1.04. The highest BCUT2D eigenvalue weighted by molar-refractivity contribution is 5.85. The molecule has 1 aliphatic heterocycles. The molecule has 0 spiro atoms. The second-order valence-corrected chi connectivity index (χ2v) is 4.35. The number of aryl methyl sites for hydroxylation is 1. The fourth-order valence-electron chi connectivity index (χ4n) is 2.28. The van der Waals surface area contributed by atoms with E-state index >= 15 is 0 Å². The second kappa shape index (κ2) is 6.23. The molecule has 0 aliphatic carbocycles. The Morgan fingerprint density at radius 1 is 1.50 bits per heavy atom. The molecule has 16 heavy (non-hydrogen) atoms. The fraction of sp³-hybridized carbons (Fsp3) is 0.727. The first kappa shape index (κ1) is 13.5. The molecule has 1 atom stereocenters. The molecule has 1 aromatic heterocycles. The van der Waals surface area contributed by atoms with Crippen LogP contribution in [0.2, 0.25) is 0 Å². The van der Waals surface area contributed by atoms with Gasteiger partial charge in [0.1, 0.15) is 0 Å². The lowest BCUT2D eigenvalue weighted by atomic mass is 10.2. The Morgan fingerprint density at radius 3 is 2.94 bits per heavy atom. The molecule has 0 saturated carbocycles. The van der Waals surface area contributed by atoms with Gasteiger partial charge in [-0.3, -0.25) is 9.58 Å². The van der Waals surface area contributed by atoms with Gasteiger partial charge in [-0.2, -0.15) is 5.10 Å². The lowest BCUT2D eigenvalue weighted by Gasteiger charge is -2.22. The maximum atomic E-state index is 5.73. The minimum atomic E-state index is 0. The van der Waals surface area contributed by atoms with Crippen molar-refractivity contribution in [1.29, 1.82) is 0 Å². The summed E-state index contributed by atoms with van der Waals surface area (Å²) in [6.45, 7) is 6.11. The van der Waals surface area contributed by atoms with E-state index in [2.05, 4.69) is 23.1 Å². The third kappa shape index (κ3) is 3.20. The number of rotatable bonds is 4. The Morgan fingerprint density at radius 2 is 2.31 bits per heavy atom. The Kier molecular flexibility index (Phi) is 5.25. The van der Waals surface area contributed by atoms with Crippen LogP contribution in [-0.4, -0.2) is 40.4 Å². The predicted molar refractivity (Wildman–Crippen MR) is 67.9 cm³/mol. The topological polar surface area (TPSA) is 47.1 Å². The average Bonchev–Trinajstić information content (AvgIpc) is 2.83. The first-order chi connectivity index (χ1) is 7.29. The molecule has 1 aromatic rings. The lowest BCUT2D eigenvalue weighted by molar-refractivity contribution is 0.244. The van der Waals surface area contributed by atoms with Crippen LogP contribution in [0.25, 0.3) is 0 Å². The highest BCUT2D eigenvalue weighted by Gasteiger charge is 2.22. The van der Waals surface area contributed by atoms with Crippen molar-refractivity contribution >= 4 is 12.4 Å². The number of halogens is 1. The van der Waals surface area contributed by atoms with E-state index in [1.165, 1.54) is 24.9 Å². The van der Waals surface area contributed by atoms with Crippen LogP contribution in [-0.2, 0) is 6.54 Å². The molecule has 2 rings (SSSR count). The first-order valence-corrected chi connectivity index (χ1v) is 5.73. The zero-order chi connectivity index (χ0) is 10.7. The van der Waals surface area contributed by atoms with Gasteiger partial charge in [0, 0.05) is 25.3 Å². The fourth-order valence-corrected chi connectivity index (χ4v) is 2.28. The zero-order valence-corrected chi connectivity index (χ0v) is 10.6. The molecule has 1 unspecified atom stereocenters. The monoisotopic (exact) mass is 244 g/mol. The van der Waals surface area contributed by atoms with Crippen LogP contribution < -0.4 is 5.73 Å². The van der Waals surface area contributed by atoms with Gasteiger partial charge in [0.15, 0.2) is 0 Å². The van der Waals surface area contributed by atoms with Crippen molar-refractivity contribution in [3.05, 3.63) is 18.0 Å². The van der Waals surface area contributed by atoms with Gasteiger partial charge in [0.05, 0.1) is 12.7 Å². The van der Waals surface area contributed by atoms with Crippen molar-refractivity contribution in [3.63, 3.8) is 0 Å². The van der Waals surface area contributed by atoms with E-state index < -0.39 is 0 Å². The van der Waals surface area contributed by atoms with Crippen molar-refractivity contribution in [2.24, 2.45) is 5.73 Å². The third-order valence-electron chi connectivity index (χ3n) is 3.15. The van der Waals surface area contributed by atoms with Crippen LogP contribution in [0.15, 0.2) is 12.4 Å². The number of nitrogens with two attached hydrogens (primary N) is 1. The molecule has 2 N–H and O–H groups in total. The van der Waals surface area contributed by atoms with E-state index in [0.29, 0.717) is 6.04 Å². The van der Waals surface area contributed by atoms with Gasteiger partial charge in [-0.1, -0.05) is 0 Å². The van der Waals surface area contributed by atoms with Crippen molar-refractivity contribution in [2.75, 3.05) is 19.6 Å². The Balaban J connectivity index is 0.00000128. The highest BCUT2D eigenvalue weighted by Crippen LogP contribution is 2.15. The normalized spacial score (nSPS) is 21.0. The van der Waals surface area contributed by atoms with Gasteiger partial charge in [0.2, 0.25) is 0 Å². The molecular weight excluding hydrogens is 224 g/mol. The molecule has 0 amide bonds. The van der Waals surface area contributed by atoms with Crippen LogP contribution in [0.5, 0.6) is 0 Å². The molecule has 0 radical (unpaired) electrons. The molecule has 1 aliphatic rings. The van der Waals surface area contributed by atoms with Gasteiger partial charge in [-0.05, 0) is 31.9 Å². The minimum absolute atomic E-state index is 0. The zero-order valence-electron chi connectivity index (χ0n) is 9.80. The van der Waals surface area contributed by atoms with Gasteiger partial charge in [-0.15, -0.1) is 12.4 Å². The van der Waals surface area contributed by atoms with Crippen LogP contribution in [0.3, 0.4) is 0 Å². The molecule has 2 heterocycles. The van der Waals surface area contributed by atoms with Crippen molar-refractivity contribution in [1.82, 2.24) is 14.7 Å². The third-order valence-corrected chi connectivity index (χ3v) is 3.15. The number of hydrogen-bond acceptors (Lipinski definition) is 3. The Labute approximate surface area is 103 Å². The lowest BCUT2D eigenvalue weighted by Crippen LogP contribution is -2.37. The van der Waals surface area contributed by atoms with E-state index in [-0.39, 0.29) is 12.4 Å². The van der Waals surface area contributed by atoms with Crippen molar-refractivity contribution in [3.8, 4) is 0 Å². The van der Waals surface area contributed by atoms with Crippen molar-refractivity contribution < 1.29 is 0 Å². The largest absolute Gasteiger partial charge is 0.329 e. The summed E-state index contributed by atoms with van der Waals surface area (Å²) in [5.74, 6) is 0. The summed E-state index contributed by atoms with van der Waals surface area (Å²) in [6.07, 6.45) is 6.55. The molecule has 1 saturated heterocycles. The Bertz CT molecular complexity index is 313. The molecule has 4 nitrogen and oxygen atoms in total. The molecule has 0 aromatic carbocycles. The summed E-state index contributed by atoms with van der Waals surface area (Å²) in [5, 5.41) is 4.29. The van der Waals surface area contributed by atoms with Crippen LogP contribution in [0.4, 0.5) is 0 Å². The molecule has 0 bridgehead atoms. The van der Waals surface area contributed by atoms with Gasteiger partial charge >= 0.3 is 0 Å². The summed E-state index contributed by atoms with van der Waals surface area (Å²) < 4.78 is 2.02. The molecular formula is C11H21ClN4. The maximum Gasteiger partial charge on any atom is 0.0536 e. The van der Waals surface area contributed by atoms with Gasteiger partial charge in [0.25, 0.3) is 0 Å². The maximum absolute atomic E-state index is 5.73.